The minimum absolute atomic E-state index is 0. The molecule has 1 N–H and O–H groups in total. The average Bonchev–Trinajstić information content (AvgIpc) is 1.74. The van der Waals surface area contributed by atoms with Crippen molar-refractivity contribution in [2.45, 2.75) is 38.3 Å². The summed E-state index contributed by atoms with van der Waals surface area (Å²) in [5, 5.41) is 3.36. The number of amides is 1. The van der Waals surface area contributed by atoms with Gasteiger partial charge in [-0.3, -0.25) is 0 Å². The number of hydrogen-bond acceptors (Lipinski definition) is 3. The first-order valence-corrected chi connectivity index (χ1v) is 5.13. The lowest BCUT2D eigenvalue weighted by molar-refractivity contribution is -0.0355. The van der Waals surface area contributed by atoms with Gasteiger partial charge in [0.05, 0.1) is 5.54 Å². The molecule has 2 aliphatic heterocycles. The molecule has 2 fully saturated rings. The number of carbonyl (C=O) groups is 1. The summed E-state index contributed by atoms with van der Waals surface area (Å²) in [5.74, 6) is 0. The molecule has 0 unspecified atom stereocenters. The molecule has 0 bridgehead atoms. The van der Waals surface area contributed by atoms with Gasteiger partial charge in [-0.05, 0) is 33.7 Å². The van der Waals surface area contributed by atoms with Crippen LogP contribution in [0.2, 0.25) is 0 Å². The molecule has 0 aromatic rings. The van der Waals surface area contributed by atoms with E-state index in [1.54, 1.807) is 4.90 Å². The van der Waals surface area contributed by atoms with Gasteiger partial charge in [-0.2, -0.15) is 0 Å². The molecule has 2 heterocycles. The van der Waals surface area contributed by atoms with Gasteiger partial charge in [0.2, 0.25) is 0 Å². The molecule has 1 spiro atoms. The first kappa shape index (κ1) is 12.6. The van der Waals surface area contributed by atoms with Gasteiger partial charge in [0.25, 0.3) is 0 Å². The molecule has 0 aromatic carbocycles. The van der Waals surface area contributed by atoms with Crippen molar-refractivity contribution in [3.8, 4) is 0 Å². The van der Waals surface area contributed by atoms with E-state index in [0.29, 0.717) is 0 Å². The molecular weight excluding hydrogens is 216 g/mol. The van der Waals surface area contributed by atoms with E-state index in [1.807, 2.05) is 20.8 Å². The van der Waals surface area contributed by atoms with Crippen LogP contribution in [0, 0.1) is 0 Å². The van der Waals surface area contributed by atoms with Crippen molar-refractivity contribution >= 4 is 18.5 Å². The summed E-state index contributed by atoms with van der Waals surface area (Å²) < 4.78 is 5.26. The molecule has 0 atom stereocenters. The number of likely N-dealkylation sites (tertiary alicyclic amines) is 1. The van der Waals surface area contributed by atoms with Gasteiger partial charge < -0.3 is 15.0 Å². The second-order valence-corrected chi connectivity index (χ2v) is 5.29. The summed E-state index contributed by atoms with van der Waals surface area (Å²) in [4.78, 5) is 13.3. The van der Waals surface area contributed by atoms with Crippen LogP contribution in [0.25, 0.3) is 0 Å². The van der Waals surface area contributed by atoms with Crippen molar-refractivity contribution in [3.63, 3.8) is 0 Å². The van der Waals surface area contributed by atoms with E-state index in [1.165, 1.54) is 6.42 Å². The molecule has 2 rings (SSSR count). The van der Waals surface area contributed by atoms with Crippen LogP contribution in [0.4, 0.5) is 4.79 Å². The summed E-state index contributed by atoms with van der Waals surface area (Å²) in [6.07, 6.45) is 1.00. The van der Waals surface area contributed by atoms with Crippen LogP contribution in [0.3, 0.4) is 0 Å². The molecule has 5 heteroatoms. The summed E-state index contributed by atoms with van der Waals surface area (Å²) in [6, 6.07) is 0. The number of ether oxygens (including phenoxy) is 1. The molecule has 0 aromatic heterocycles. The summed E-state index contributed by atoms with van der Waals surface area (Å²) in [6.45, 7) is 8.37. The Balaban J connectivity index is 0.00000112. The monoisotopic (exact) mass is 234 g/mol. The van der Waals surface area contributed by atoms with Crippen molar-refractivity contribution in [2.24, 2.45) is 0 Å². The Bertz CT molecular complexity index is 251. The Morgan fingerprint density at radius 1 is 1.40 bits per heavy atom. The van der Waals surface area contributed by atoms with E-state index in [4.69, 9.17) is 4.74 Å². The second kappa shape index (κ2) is 3.83. The SMILES string of the molecule is CC(C)(C)OC(=O)N1CC2(CCN2)C1.Cl. The maximum absolute atomic E-state index is 11.5. The second-order valence-electron chi connectivity index (χ2n) is 5.29. The number of halogens is 1. The van der Waals surface area contributed by atoms with Gasteiger partial charge in [-0.15, -0.1) is 12.4 Å². The molecule has 2 aliphatic rings. The Hall–Kier alpha value is -0.480. The number of nitrogens with zero attached hydrogens (tertiary/aromatic N) is 1. The summed E-state index contributed by atoms with van der Waals surface area (Å²) in [7, 11) is 0. The zero-order valence-electron chi connectivity index (χ0n) is 9.50. The zero-order valence-corrected chi connectivity index (χ0v) is 10.3. The third-order valence-electron chi connectivity index (χ3n) is 2.74. The zero-order chi connectivity index (χ0) is 10.4. The van der Waals surface area contributed by atoms with Gasteiger partial charge in [0.15, 0.2) is 0 Å². The van der Waals surface area contributed by atoms with Crippen molar-refractivity contribution < 1.29 is 9.53 Å². The lowest BCUT2D eigenvalue weighted by Gasteiger charge is -2.55. The molecule has 0 aliphatic carbocycles. The average molecular weight is 235 g/mol. The quantitative estimate of drug-likeness (QED) is 0.689. The predicted molar refractivity (Wildman–Crippen MR) is 60.4 cm³/mol. The van der Waals surface area contributed by atoms with Crippen molar-refractivity contribution in [1.82, 2.24) is 10.2 Å². The van der Waals surface area contributed by atoms with E-state index in [9.17, 15) is 4.79 Å². The van der Waals surface area contributed by atoms with Crippen molar-refractivity contribution in [1.29, 1.82) is 0 Å². The van der Waals surface area contributed by atoms with Crippen molar-refractivity contribution in [2.75, 3.05) is 19.6 Å². The Morgan fingerprint density at radius 3 is 2.27 bits per heavy atom. The van der Waals surface area contributed by atoms with E-state index in [0.717, 1.165) is 19.6 Å². The highest BCUT2D eigenvalue weighted by atomic mass is 35.5. The first-order chi connectivity index (χ1) is 6.40. The minimum Gasteiger partial charge on any atom is -0.444 e. The van der Waals surface area contributed by atoms with Crippen LogP contribution < -0.4 is 5.32 Å². The highest BCUT2D eigenvalue weighted by Crippen LogP contribution is 2.30. The van der Waals surface area contributed by atoms with Gasteiger partial charge in [0.1, 0.15) is 5.60 Å². The fourth-order valence-corrected chi connectivity index (χ4v) is 1.89. The number of carbonyl (C=O) groups excluding carboxylic acids is 1. The number of rotatable bonds is 0. The Labute approximate surface area is 96.7 Å². The van der Waals surface area contributed by atoms with E-state index >= 15 is 0 Å². The van der Waals surface area contributed by atoms with Crippen LogP contribution in [0.1, 0.15) is 27.2 Å². The van der Waals surface area contributed by atoms with Gasteiger partial charge >= 0.3 is 6.09 Å². The lowest BCUT2D eigenvalue weighted by Crippen LogP contribution is -2.76. The molecule has 2 saturated heterocycles. The Morgan fingerprint density at radius 2 is 1.93 bits per heavy atom. The fraction of sp³-hybridized carbons (Fsp3) is 0.900. The molecule has 4 nitrogen and oxygen atoms in total. The summed E-state index contributed by atoms with van der Waals surface area (Å²) in [5.41, 5.74) is -0.135. The largest absolute Gasteiger partial charge is 0.444 e. The lowest BCUT2D eigenvalue weighted by atomic mass is 9.81. The molecule has 0 radical (unpaired) electrons. The fourth-order valence-electron chi connectivity index (χ4n) is 1.89. The van der Waals surface area contributed by atoms with E-state index in [-0.39, 0.29) is 29.6 Å². The normalized spacial score (nSPS) is 22.5. The molecule has 15 heavy (non-hydrogen) atoms. The van der Waals surface area contributed by atoms with Gasteiger partial charge in [-0.25, -0.2) is 4.79 Å². The number of nitrogens with one attached hydrogen (secondary N) is 1. The van der Waals surface area contributed by atoms with Crippen LogP contribution in [0.5, 0.6) is 0 Å². The van der Waals surface area contributed by atoms with Crippen LogP contribution in [-0.4, -0.2) is 41.8 Å². The molecule has 0 saturated carbocycles. The van der Waals surface area contributed by atoms with Gasteiger partial charge in [0, 0.05) is 13.1 Å². The van der Waals surface area contributed by atoms with Gasteiger partial charge in [-0.1, -0.05) is 0 Å². The molecular formula is C10H19ClN2O2. The third-order valence-corrected chi connectivity index (χ3v) is 2.74. The Kier molecular flexibility index (Phi) is 3.22. The summed E-state index contributed by atoms with van der Waals surface area (Å²) >= 11 is 0. The molecule has 1 amide bonds. The van der Waals surface area contributed by atoms with E-state index in [2.05, 4.69) is 5.32 Å². The predicted octanol–water partition coefficient (Wildman–Crippen LogP) is 1.39. The first-order valence-electron chi connectivity index (χ1n) is 5.13. The van der Waals surface area contributed by atoms with Crippen LogP contribution in [-0.2, 0) is 4.74 Å². The van der Waals surface area contributed by atoms with Crippen molar-refractivity contribution in [3.05, 3.63) is 0 Å². The number of hydrogen-bond donors (Lipinski definition) is 1. The third kappa shape index (κ3) is 2.55. The standard InChI is InChI=1S/C10H18N2O2.ClH/c1-9(2,3)14-8(13)12-6-10(7-12)4-5-11-10;/h11H,4-7H2,1-3H3;1H. The highest BCUT2D eigenvalue weighted by molar-refractivity contribution is 5.85. The molecule has 88 valence electrons. The maximum Gasteiger partial charge on any atom is 0.410 e. The maximum atomic E-state index is 11.5. The topological polar surface area (TPSA) is 41.6 Å². The van der Waals surface area contributed by atoms with E-state index < -0.39 is 0 Å². The van der Waals surface area contributed by atoms with Crippen LogP contribution >= 0.6 is 12.4 Å². The smallest absolute Gasteiger partial charge is 0.410 e. The highest BCUT2D eigenvalue weighted by Gasteiger charge is 2.49. The minimum atomic E-state index is -0.382. The van der Waals surface area contributed by atoms with Crippen LogP contribution in [0.15, 0.2) is 0 Å².